The number of amides is 3. The van der Waals surface area contributed by atoms with Gasteiger partial charge in [0.05, 0.1) is 12.3 Å². The third-order valence-corrected chi connectivity index (χ3v) is 4.39. The highest BCUT2D eigenvalue weighted by Gasteiger charge is 2.24. The van der Waals surface area contributed by atoms with Crippen molar-refractivity contribution in [2.45, 2.75) is 32.7 Å². The molecule has 7 heteroatoms. The third-order valence-electron chi connectivity index (χ3n) is 3.73. The number of piperidine rings is 1. The number of nitrogens with one attached hydrogen (secondary N) is 2. The zero-order valence-electron chi connectivity index (χ0n) is 13.4. The maximum Gasteiger partial charge on any atom is 0.409 e. The van der Waals surface area contributed by atoms with Gasteiger partial charge in [0.2, 0.25) is 0 Å². The van der Waals surface area contributed by atoms with Crippen LogP contribution in [0.4, 0.5) is 15.3 Å². The molecule has 2 N–H and O–H groups in total. The molecular formula is C16H22BrN3O3. The van der Waals surface area contributed by atoms with Crippen LogP contribution in [0.3, 0.4) is 0 Å². The van der Waals surface area contributed by atoms with Gasteiger partial charge in [0.25, 0.3) is 0 Å². The maximum absolute atomic E-state index is 12.1. The number of carbonyl (C=O) groups is 2. The maximum atomic E-state index is 12.1. The number of rotatable bonds is 3. The van der Waals surface area contributed by atoms with Crippen molar-refractivity contribution in [1.82, 2.24) is 10.2 Å². The average Bonchev–Trinajstić information content (AvgIpc) is 2.51. The van der Waals surface area contributed by atoms with Crippen LogP contribution in [0.25, 0.3) is 0 Å². The fraction of sp³-hybridized carbons (Fsp3) is 0.500. The zero-order valence-corrected chi connectivity index (χ0v) is 15.0. The fourth-order valence-corrected chi connectivity index (χ4v) is 3.08. The van der Waals surface area contributed by atoms with Crippen LogP contribution in [0.15, 0.2) is 22.7 Å². The van der Waals surface area contributed by atoms with Crippen LogP contribution in [0.2, 0.25) is 0 Å². The molecule has 1 aromatic carbocycles. The molecule has 0 spiro atoms. The number of hydrogen-bond donors (Lipinski definition) is 2. The van der Waals surface area contributed by atoms with E-state index < -0.39 is 0 Å². The summed E-state index contributed by atoms with van der Waals surface area (Å²) >= 11 is 3.44. The van der Waals surface area contributed by atoms with Crippen molar-refractivity contribution in [2.75, 3.05) is 25.0 Å². The van der Waals surface area contributed by atoms with E-state index in [1.165, 1.54) is 0 Å². The summed E-state index contributed by atoms with van der Waals surface area (Å²) in [6.07, 6.45) is 1.17. The predicted molar refractivity (Wildman–Crippen MR) is 92.7 cm³/mol. The first-order valence-electron chi connectivity index (χ1n) is 7.75. The highest BCUT2D eigenvalue weighted by atomic mass is 79.9. The smallest absolute Gasteiger partial charge is 0.409 e. The predicted octanol–water partition coefficient (Wildman–Crippen LogP) is 3.50. The summed E-state index contributed by atoms with van der Waals surface area (Å²) in [6.45, 7) is 5.35. The van der Waals surface area contributed by atoms with E-state index in [-0.39, 0.29) is 18.2 Å². The van der Waals surface area contributed by atoms with Crippen LogP contribution in [0, 0.1) is 6.92 Å². The number of aryl methyl sites for hydroxylation is 1. The Morgan fingerprint density at radius 1 is 1.35 bits per heavy atom. The zero-order chi connectivity index (χ0) is 16.8. The largest absolute Gasteiger partial charge is 0.450 e. The van der Waals surface area contributed by atoms with Crippen LogP contribution in [0.5, 0.6) is 0 Å². The van der Waals surface area contributed by atoms with Crippen molar-refractivity contribution >= 4 is 33.7 Å². The summed E-state index contributed by atoms with van der Waals surface area (Å²) < 4.78 is 5.83. The highest BCUT2D eigenvalue weighted by molar-refractivity contribution is 9.10. The summed E-state index contributed by atoms with van der Waals surface area (Å²) in [5.41, 5.74) is 1.85. The number of nitrogens with zero attached hydrogens (tertiary/aromatic N) is 1. The highest BCUT2D eigenvalue weighted by Crippen LogP contribution is 2.23. The topological polar surface area (TPSA) is 70.7 Å². The molecular weight excluding hydrogens is 362 g/mol. The van der Waals surface area contributed by atoms with Gasteiger partial charge in [-0.3, -0.25) is 0 Å². The molecule has 1 heterocycles. The van der Waals surface area contributed by atoms with E-state index in [0.29, 0.717) is 19.7 Å². The Balaban J connectivity index is 1.79. The minimum absolute atomic E-state index is 0.0601. The first-order valence-corrected chi connectivity index (χ1v) is 8.54. The lowest BCUT2D eigenvalue weighted by atomic mass is 10.1. The van der Waals surface area contributed by atoms with E-state index in [9.17, 15) is 9.59 Å². The molecule has 0 atom stereocenters. The number of anilines is 1. The first-order chi connectivity index (χ1) is 11.0. The van der Waals surface area contributed by atoms with E-state index in [1.807, 2.05) is 25.1 Å². The number of halogens is 1. The fourth-order valence-electron chi connectivity index (χ4n) is 2.49. The summed E-state index contributed by atoms with van der Waals surface area (Å²) in [4.78, 5) is 25.4. The van der Waals surface area contributed by atoms with Crippen molar-refractivity contribution in [2.24, 2.45) is 0 Å². The molecule has 126 valence electrons. The molecule has 1 saturated heterocycles. The summed E-state index contributed by atoms with van der Waals surface area (Å²) in [5, 5.41) is 5.79. The molecule has 2 rings (SSSR count). The van der Waals surface area contributed by atoms with Gasteiger partial charge in [-0.2, -0.15) is 0 Å². The monoisotopic (exact) mass is 383 g/mol. The summed E-state index contributed by atoms with van der Waals surface area (Å²) in [7, 11) is 0. The van der Waals surface area contributed by atoms with Crippen LogP contribution < -0.4 is 10.6 Å². The molecule has 6 nitrogen and oxygen atoms in total. The minimum atomic E-state index is -0.279. The number of likely N-dealkylation sites (tertiary alicyclic amines) is 1. The van der Waals surface area contributed by atoms with Crippen LogP contribution in [0.1, 0.15) is 25.3 Å². The van der Waals surface area contributed by atoms with E-state index in [2.05, 4.69) is 26.6 Å². The van der Waals surface area contributed by atoms with Crippen molar-refractivity contribution in [3.05, 3.63) is 28.2 Å². The molecule has 1 aliphatic heterocycles. The lowest BCUT2D eigenvalue weighted by Crippen LogP contribution is -2.47. The van der Waals surface area contributed by atoms with E-state index >= 15 is 0 Å². The number of urea groups is 1. The summed E-state index contributed by atoms with van der Waals surface area (Å²) in [5.74, 6) is 0. The van der Waals surface area contributed by atoms with Crippen molar-refractivity contribution in [1.29, 1.82) is 0 Å². The second kappa shape index (κ2) is 8.19. The number of carbonyl (C=O) groups excluding carboxylic acids is 2. The van der Waals surface area contributed by atoms with Crippen LogP contribution >= 0.6 is 15.9 Å². The van der Waals surface area contributed by atoms with Gasteiger partial charge in [-0.15, -0.1) is 0 Å². The lowest BCUT2D eigenvalue weighted by Gasteiger charge is -2.31. The Morgan fingerprint density at radius 3 is 2.65 bits per heavy atom. The van der Waals surface area contributed by atoms with Crippen LogP contribution in [-0.4, -0.2) is 42.8 Å². The Kier molecular flexibility index (Phi) is 6.27. The Hall–Kier alpha value is -1.76. The molecule has 0 bridgehead atoms. The Labute approximate surface area is 144 Å². The SMILES string of the molecule is CCOC(=O)N1CCC(NC(=O)Nc2ccc(C)cc2Br)CC1. The van der Waals surface area contributed by atoms with E-state index in [4.69, 9.17) is 4.74 Å². The molecule has 1 aliphatic rings. The number of ether oxygens (including phenoxy) is 1. The van der Waals surface area contributed by atoms with E-state index in [1.54, 1.807) is 11.8 Å². The van der Waals surface area contributed by atoms with Crippen molar-refractivity contribution < 1.29 is 14.3 Å². The number of benzene rings is 1. The summed E-state index contributed by atoms with van der Waals surface area (Å²) in [6, 6.07) is 5.59. The van der Waals surface area contributed by atoms with Gasteiger partial charge < -0.3 is 20.3 Å². The minimum Gasteiger partial charge on any atom is -0.450 e. The van der Waals surface area contributed by atoms with Gasteiger partial charge in [-0.05, 0) is 60.3 Å². The van der Waals surface area contributed by atoms with Gasteiger partial charge in [-0.25, -0.2) is 9.59 Å². The standard InChI is InChI=1S/C16H22BrN3O3/c1-3-23-16(22)20-8-6-12(7-9-20)18-15(21)19-14-5-4-11(2)10-13(14)17/h4-5,10,12H,3,6-9H2,1-2H3,(H2,18,19,21). The second-order valence-corrected chi connectivity index (χ2v) is 6.40. The van der Waals surface area contributed by atoms with Gasteiger partial charge >= 0.3 is 12.1 Å². The van der Waals surface area contributed by atoms with Crippen molar-refractivity contribution in [3.63, 3.8) is 0 Å². The average molecular weight is 384 g/mol. The Morgan fingerprint density at radius 2 is 2.04 bits per heavy atom. The molecule has 1 aromatic rings. The number of hydrogen-bond acceptors (Lipinski definition) is 3. The van der Waals surface area contributed by atoms with Gasteiger partial charge in [0.1, 0.15) is 0 Å². The first kappa shape index (κ1) is 17.6. The molecule has 0 saturated carbocycles. The molecule has 0 radical (unpaired) electrons. The molecule has 23 heavy (non-hydrogen) atoms. The Bertz CT molecular complexity index is 572. The quantitative estimate of drug-likeness (QED) is 0.838. The molecule has 3 amide bonds. The van der Waals surface area contributed by atoms with Gasteiger partial charge in [0, 0.05) is 23.6 Å². The van der Waals surface area contributed by atoms with Crippen molar-refractivity contribution in [3.8, 4) is 0 Å². The third kappa shape index (κ3) is 5.13. The molecule has 0 aromatic heterocycles. The molecule has 0 unspecified atom stereocenters. The van der Waals surface area contributed by atoms with Gasteiger partial charge in [-0.1, -0.05) is 6.07 Å². The molecule has 1 fully saturated rings. The van der Waals surface area contributed by atoms with Crippen LogP contribution in [-0.2, 0) is 4.74 Å². The van der Waals surface area contributed by atoms with E-state index in [0.717, 1.165) is 28.6 Å². The normalized spacial score (nSPS) is 15.2. The molecule has 0 aliphatic carbocycles. The second-order valence-electron chi connectivity index (χ2n) is 5.54. The van der Waals surface area contributed by atoms with Gasteiger partial charge in [0.15, 0.2) is 0 Å². The lowest BCUT2D eigenvalue weighted by molar-refractivity contribution is 0.0959.